The second kappa shape index (κ2) is 10.1. The maximum absolute atomic E-state index is 10.4. The van der Waals surface area contributed by atoms with Gasteiger partial charge in [0.25, 0.3) is 0 Å². The summed E-state index contributed by atoms with van der Waals surface area (Å²) in [6, 6.07) is 0. The van der Waals surface area contributed by atoms with Crippen LogP contribution in [0, 0.1) is 0 Å². The minimum atomic E-state index is -0.793. The molecule has 1 fully saturated rings. The van der Waals surface area contributed by atoms with Crippen LogP contribution >= 0.6 is 36.2 Å². The van der Waals surface area contributed by atoms with E-state index in [-0.39, 0.29) is 24.8 Å². The number of hydrogen-bond donors (Lipinski definition) is 3. The fourth-order valence-corrected chi connectivity index (χ4v) is 4.08. The molecule has 1 aliphatic carbocycles. The van der Waals surface area contributed by atoms with Crippen LogP contribution in [-0.2, 0) is 24.0 Å². The van der Waals surface area contributed by atoms with Gasteiger partial charge in [-0.1, -0.05) is 0 Å². The number of nitrogens with zero attached hydrogens (tertiary/aromatic N) is 1. The monoisotopic (exact) mass is 383 g/mol. The van der Waals surface area contributed by atoms with Gasteiger partial charge in [-0.25, -0.2) is 4.98 Å². The number of halogens is 2. The van der Waals surface area contributed by atoms with Crippen LogP contribution in [0.1, 0.15) is 28.4 Å². The fraction of sp³-hybridized carbons (Fsp3) is 0.800. The number of aromatic nitrogens is 1. The first-order chi connectivity index (χ1) is 10.3. The van der Waals surface area contributed by atoms with Gasteiger partial charge in [0.1, 0.15) is 5.60 Å². The molecule has 1 aromatic rings. The molecule has 0 aromatic carbocycles. The van der Waals surface area contributed by atoms with Crippen LogP contribution in [0.15, 0.2) is 0 Å². The molecule has 0 radical (unpaired) electrons. The molecule has 1 saturated heterocycles. The van der Waals surface area contributed by atoms with Crippen molar-refractivity contribution in [1.29, 1.82) is 0 Å². The Morgan fingerprint density at radius 2 is 2.13 bits per heavy atom. The fourth-order valence-electron chi connectivity index (χ4n) is 2.92. The molecular formula is C15H27Cl2N3O2S. The van der Waals surface area contributed by atoms with Crippen LogP contribution in [-0.4, -0.2) is 55.1 Å². The lowest BCUT2D eigenvalue weighted by Gasteiger charge is -2.26. The van der Waals surface area contributed by atoms with Gasteiger partial charge in [-0.2, -0.15) is 0 Å². The summed E-state index contributed by atoms with van der Waals surface area (Å²) in [7, 11) is 0. The van der Waals surface area contributed by atoms with Gasteiger partial charge in [-0.15, -0.1) is 36.2 Å². The van der Waals surface area contributed by atoms with Crippen LogP contribution in [0.25, 0.3) is 0 Å². The molecule has 2 heterocycles. The molecule has 2 aliphatic rings. The number of fused-ring (bicyclic) bond motifs is 1. The highest BCUT2D eigenvalue weighted by Crippen LogP contribution is 2.26. The second-order valence-corrected chi connectivity index (χ2v) is 7.23. The number of rotatable bonds is 5. The van der Waals surface area contributed by atoms with Gasteiger partial charge in [0.2, 0.25) is 0 Å². The van der Waals surface area contributed by atoms with Crippen LogP contribution in [0.4, 0.5) is 0 Å². The van der Waals surface area contributed by atoms with E-state index in [1.807, 2.05) is 11.3 Å². The van der Waals surface area contributed by atoms with Crippen molar-refractivity contribution in [3.8, 4) is 0 Å². The number of thiazole rings is 1. The SMILES string of the molecule is Cl.Cl.OC1(CNCCc2nc3c(s2)CCCC3)CNCCOC1. The molecule has 3 rings (SSSR count). The number of β-amino-alcohol motifs (C(OH)–C–C–N with tert-alkyl or cyclic N) is 1. The minimum absolute atomic E-state index is 0. The average molecular weight is 384 g/mol. The van der Waals surface area contributed by atoms with E-state index in [0.29, 0.717) is 26.3 Å². The Labute approximate surface area is 154 Å². The Morgan fingerprint density at radius 1 is 1.30 bits per heavy atom. The predicted octanol–water partition coefficient (Wildman–Crippen LogP) is 1.35. The van der Waals surface area contributed by atoms with Gasteiger partial charge < -0.3 is 20.5 Å². The molecule has 23 heavy (non-hydrogen) atoms. The van der Waals surface area contributed by atoms with Crippen LogP contribution in [0.3, 0.4) is 0 Å². The lowest BCUT2D eigenvalue weighted by Crippen LogP contribution is -2.50. The quantitative estimate of drug-likeness (QED) is 0.669. The molecule has 0 spiro atoms. The molecular weight excluding hydrogens is 357 g/mol. The molecule has 0 bridgehead atoms. The van der Waals surface area contributed by atoms with E-state index < -0.39 is 5.60 Å². The Morgan fingerprint density at radius 3 is 2.96 bits per heavy atom. The van der Waals surface area contributed by atoms with Crippen molar-refractivity contribution in [1.82, 2.24) is 15.6 Å². The average Bonchev–Trinajstić information content (AvgIpc) is 2.78. The molecule has 8 heteroatoms. The molecule has 5 nitrogen and oxygen atoms in total. The van der Waals surface area contributed by atoms with Crippen molar-refractivity contribution in [2.75, 3.05) is 39.4 Å². The highest BCUT2D eigenvalue weighted by molar-refractivity contribution is 7.11. The van der Waals surface area contributed by atoms with Crippen LogP contribution < -0.4 is 10.6 Å². The number of aliphatic hydroxyl groups is 1. The molecule has 134 valence electrons. The van der Waals surface area contributed by atoms with E-state index in [0.717, 1.165) is 25.9 Å². The van der Waals surface area contributed by atoms with Gasteiger partial charge in [-0.05, 0) is 25.7 Å². The van der Waals surface area contributed by atoms with Crippen molar-refractivity contribution in [2.45, 2.75) is 37.7 Å². The third-order valence-corrected chi connectivity index (χ3v) is 5.32. The molecule has 0 saturated carbocycles. The second-order valence-electron chi connectivity index (χ2n) is 6.07. The normalized spacial score (nSPS) is 24.0. The highest BCUT2D eigenvalue weighted by atomic mass is 35.5. The summed E-state index contributed by atoms with van der Waals surface area (Å²) in [6.45, 7) is 3.89. The number of aryl methyl sites for hydroxylation is 2. The topological polar surface area (TPSA) is 66.4 Å². The first-order valence-corrected chi connectivity index (χ1v) is 8.76. The summed E-state index contributed by atoms with van der Waals surface area (Å²) >= 11 is 1.87. The van der Waals surface area contributed by atoms with Crippen molar-refractivity contribution in [3.63, 3.8) is 0 Å². The van der Waals surface area contributed by atoms with Gasteiger partial charge in [-0.3, -0.25) is 0 Å². The summed E-state index contributed by atoms with van der Waals surface area (Å²) in [5.74, 6) is 0. The number of ether oxygens (including phenoxy) is 1. The molecule has 3 N–H and O–H groups in total. The summed E-state index contributed by atoms with van der Waals surface area (Å²) in [6.07, 6.45) is 5.91. The zero-order valence-corrected chi connectivity index (χ0v) is 15.8. The lowest BCUT2D eigenvalue weighted by atomic mass is 10.0. The van der Waals surface area contributed by atoms with Crippen molar-refractivity contribution >= 4 is 36.2 Å². The first kappa shape index (κ1) is 21.1. The van der Waals surface area contributed by atoms with Crippen LogP contribution in [0.5, 0.6) is 0 Å². The van der Waals surface area contributed by atoms with Crippen molar-refractivity contribution in [2.24, 2.45) is 0 Å². The molecule has 1 aromatic heterocycles. The van der Waals surface area contributed by atoms with E-state index in [4.69, 9.17) is 9.72 Å². The van der Waals surface area contributed by atoms with Gasteiger partial charge in [0.05, 0.1) is 23.9 Å². The van der Waals surface area contributed by atoms with E-state index in [1.165, 1.54) is 34.8 Å². The zero-order valence-electron chi connectivity index (χ0n) is 13.3. The summed E-state index contributed by atoms with van der Waals surface area (Å²) in [5, 5.41) is 18.2. The first-order valence-electron chi connectivity index (χ1n) is 7.94. The van der Waals surface area contributed by atoms with Crippen LogP contribution in [0.2, 0.25) is 0 Å². The lowest BCUT2D eigenvalue weighted by molar-refractivity contribution is -0.0260. The zero-order chi connectivity index (χ0) is 14.5. The smallest absolute Gasteiger partial charge is 0.113 e. The minimum Gasteiger partial charge on any atom is -0.385 e. The Kier molecular flexibility index (Phi) is 9.29. The summed E-state index contributed by atoms with van der Waals surface area (Å²) < 4.78 is 5.42. The van der Waals surface area contributed by atoms with Gasteiger partial charge in [0, 0.05) is 37.5 Å². The van der Waals surface area contributed by atoms with Gasteiger partial charge >= 0.3 is 0 Å². The Balaban J connectivity index is 0.00000132. The largest absolute Gasteiger partial charge is 0.385 e. The van der Waals surface area contributed by atoms with Crippen molar-refractivity contribution < 1.29 is 9.84 Å². The Bertz CT molecular complexity index is 442. The maximum atomic E-state index is 10.4. The third kappa shape index (κ3) is 6.12. The Hall–Kier alpha value is 0.0500. The molecule has 0 amide bonds. The van der Waals surface area contributed by atoms with Crippen molar-refractivity contribution in [3.05, 3.63) is 15.6 Å². The number of hydrogen-bond acceptors (Lipinski definition) is 6. The van der Waals surface area contributed by atoms with E-state index in [2.05, 4.69) is 10.6 Å². The standard InChI is InChI=1S/C15H25N3O2S.2ClH/c19-15(10-17-7-8-20-11-15)9-16-6-5-14-18-12-3-1-2-4-13(12)21-14;;/h16-17,19H,1-11H2;2*1H. The van der Waals surface area contributed by atoms with Gasteiger partial charge in [0.15, 0.2) is 0 Å². The van der Waals surface area contributed by atoms with E-state index in [9.17, 15) is 5.11 Å². The summed E-state index contributed by atoms with van der Waals surface area (Å²) in [5.41, 5.74) is 0.541. The maximum Gasteiger partial charge on any atom is 0.113 e. The molecule has 1 aliphatic heterocycles. The van der Waals surface area contributed by atoms with E-state index in [1.54, 1.807) is 0 Å². The third-order valence-electron chi connectivity index (χ3n) is 4.11. The summed E-state index contributed by atoms with van der Waals surface area (Å²) in [4.78, 5) is 6.24. The predicted molar refractivity (Wildman–Crippen MR) is 98.5 cm³/mol. The number of nitrogens with one attached hydrogen (secondary N) is 2. The van der Waals surface area contributed by atoms with E-state index >= 15 is 0 Å². The molecule has 1 unspecified atom stereocenters. The highest BCUT2D eigenvalue weighted by Gasteiger charge is 2.28. The molecule has 1 atom stereocenters.